The Morgan fingerprint density at radius 3 is 1.25 bits per heavy atom. The molecule has 0 spiro atoms. The first kappa shape index (κ1) is 33.9. The largest absolute Gasteiger partial charge is 0.505 e. The van der Waals surface area contributed by atoms with Crippen molar-refractivity contribution in [2.24, 2.45) is 0 Å². The van der Waals surface area contributed by atoms with E-state index >= 15 is 0 Å². The molecule has 1 heterocycles. The number of esters is 1. The maximum absolute atomic E-state index is 13.1. The number of ether oxygens (including phenoxy) is 1. The number of hydrogen-bond donors (Lipinski definition) is 4. The summed E-state index contributed by atoms with van der Waals surface area (Å²) in [6.07, 6.45) is 13.4. The number of cyclic esters (lactones) is 1. The molecule has 0 radical (unpaired) electrons. The van der Waals surface area contributed by atoms with E-state index in [2.05, 4.69) is 0 Å². The highest BCUT2D eigenvalue weighted by Gasteiger charge is 2.68. The van der Waals surface area contributed by atoms with Crippen LogP contribution in [0.2, 0.25) is 0 Å². The normalized spacial score (nSPS) is 19.3. The van der Waals surface area contributed by atoms with Gasteiger partial charge < -0.3 is 25.2 Å². The van der Waals surface area contributed by atoms with Gasteiger partial charge in [-0.25, -0.2) is 4.79 Å². The van der Waals surface area contributed by atoms with E-state index in [4.69, 9.17) is 4.74 Å². The van der Waals surface area contributed by atoms with E-state index in [1.165, 1.54) is 0 Å². The van der Waals surface area contributed by atoms with Crippen molar-refractivity contribution < 1.29 is 30.0 Å². The highest BCUT2D eigenvalue weighted by Crippen LogP contribution is 2.51. The molecule has 2 atom stereocenters. The first-order chi connectivity index (χ1) is 23.3. The molecule has 48 heavy (non-hydrogen) atoms. The number of aliphatic hydroxyl groups is 4. The van der Waals surface area contributed by atoms with Crippen molar-refractivity contribution >= 4 is 30.3 Å². The zero-order valence-electron chi connectivity index (χ0n) is 26.6. The van der Waals surface area contributed by atoms with Crippen LogP contribution in [-0.4, -0.2) is 43.2 Å². The second-order valence-electron chi connectivity index (χ2n) is 11.9. The van der Waals surface area contributed by atoms with Gasteiger partial charge in [0.25, 0.3) is 0 Å². The van der Waals surface area contributed by atoms with Crippen molar-refractivity contribution in [1.29, 1.82) is 0 Å². The molecule has 4 aromatic carbocycles. The molecule has 0 fully saturated rings. The molecule has 244 valence electrons. The maximum atomic E-state index is 13.1. The Morgan fingerprint density at radius 2 is 0.896 bits per heavy atom. The molecule has 4 N–H and O–H groups in total. The van der Waals surface area contributed by atoms with E-state index in [0.29, 0.717) is 0 Å². The van der Waals surface area contributed by atoms with Crippen molar-refractivity contribution in [2.75, 3.05) is 0 Å². The van der Waals surface area contributed by atoms with Crippen LogP contribution in [-0.2, 0) is 9.53 Å². The summed E-state index contributed by atoms with van der Waals surface area (Å²) >= 11 is 0. The van der Waals surface area contributed by atoms with Crippen molar-refractivity contribution in [3.63, 3.8) is 0 Å². The number of aliphatic hydroxyl groups excluding tert-OH is 2. The Hall–Kier alpha value is -5.43. The molecule has 0 saturated carbocycles. The lowest BCUT2D eigenvalue weighted by Gasteiger charge is -2.51. The minimum Gasteiger partial charge on any atom is -0.505 e. The molecule has 1 aliphatic rings. The average Bonchev–Trinajstić information content (AvgIpc) is 3.34. The lowest BCUT2D eigenvalue weighted by molar-refractivity contribution is -0.241. The molecule has 0 amide bonds. The minimum atomic E-state index is -2.36. The van der Waals surface area contributed by atoms with Crippen LogP contribution in [0.4, 0.5) is 0 Å². The molecule has 0 unspecified atom stereocenters. The Labute approximate surface area is 281 Å². The third kappa shape index (κ3) is 7.58. The Balaban J connectivity index is 1.63. The molecule has 0 aliphatic carbocycles. The fourth-order valence-electron chi connectivity index (χ4n) is 6.05. The molecule has 5 rings (SSSR count). The van der Waals surface area contributed by atoms with Gasteiger partial charge in [0.15, 0.2) is 5.76 Å². The van der Waals surface area contributed by atoms with Crippen LogP contribution in [0.25, 0.3) is 24.3 Å². The van der Waals surface area contributed by atoms with Crippen molar-refractivity contribution in [1.82, 2.24) is 0 Å². The van der Waals surface area contributed by atoms with Crippen LogP contribution in [0.15, 0.2) is 157 Å². The molecule has 0 aromatic heterocycles. The lowest BCUT2D eigenvalue weighted by Crippen LogP contribution is -2.68. The van der Waals surface area contributed by atoms with E-state index < -0.39 is 34.3 Å². The van der Waals surface area contributed by atoms with Crippen molar-refractivity contribution in [3.8, 4) is 0 Å². The number of carbonyl (C=O) groups excluding carboxylic acids is 1. The SMILES string of the molecule is O=C1O[C@](CC=Cc2ccccc2)([C@](O)(CC=Cc2ccccc2)C(O)(CC=Cc2ccccc2)CC=Cc2ccccc2)C(O)=C1O. The molecule has 1 aliphatic heterocycles. The zero-order chi connectivity index (χ0) is 33.9. The zero-order valence-corrected chi connectivity index (χ0v) is 26.6. The fraction of sp³-hybridized carbons (Fsp3) is 0.167. The second kappa shape index (κ2) is 15.4. The third-order valence-electron chi connectivity index (χ3n) is 8.67. The van der Waals surface area contributed by atoms with Crippen LogP contribution in [0.3, 0.4) is 0 Å². The third-order valence-corrected chi connectivity index (χ3v) is 8.67. The van der Waals surface area contributed by atoms with E-state index in [9.17, 15) is 25.2 Å². The highest BCUT2D eigenvalue weighted by molar-refractivity contribution is 5.90. The Morgan fingerprint density at radius 1 is 0.542 bits per heavy atom. The second-order valence-corrected chi connectivity index (χ2v) is 11.9. The van der Waals surface area contributed by atoms with E-state index in [1.807, 2.05) is 133 Å². The standard InChI is InChI=1S/C42H40O6/c43-37-38(44)41(48-39(37)45,31-15-27-35-21-9-3-10-22-35)42(47,32-16-28-36-23-11-4-12-24-36)40(46,29-13-25-33-17-5-1-6-18-33)30-14-26-34-19-7-2-8-20-34/h1-28,43-44,46-47H,29-32H2/t40?,41-,42-/m0/s1. The maximum Gasteiger partial charge on any atom is 0.378 e. The highest BCUT2D eigenvalue weighted by atomic mass is 16.6. The quantitative estimate of drug-likeness (QED) is 0.103. The van der Waals surface area contributed by atoms with Crippen LogP contribution < -0.4 is 0 Å². The smallest absolute Gasteiger partial charge is 0.378 e. The van der Waals surface area contributed by atoms with Crippen molar-refractivity contribution in [2.45, 2.75) is 42.5 Å². The monoisotopic (exact) mass is 640 g/mol. The summed E-state index contributed by atoms with van der Waals surface area (Å²) in [7, 11) is 0. The van der Waals surface area contributed by atoms with Gasteiger partial charge in [0.2, 0.25) is 11.4 Å². The topological polar surface area (TPSA) is 107 Å². The Kier molecular flexibility index (Phi) is 10.9. The minimum absolute atomic E-state index is 0.0908. The molecule has 6 nitrogen and oxygen atoms in total. The van der Waals surface area contributed by atoms with Gasteiger partial charge in [-0.3, -0.25) is 0 Å². The average molecular weight is 641 g/mol. The molecule has 6 heteroatoms. The van der Waals surface area contributed by atoms with Gasteiger partial charge in [0.1, 0.15) is 11.2 Å². The van der Waals surface area contributed by atoms with Crippen LogP contribution in [0.1, 0.15) is 47.9 Å². The van der Waals surface area contributed by atoms with Crippen LogP contribution in [0, 0.1) is 0 Å². The summed E-state index contributed by atoms with van der Waals surface area (Å²) in [5.41, 5.74) is -3.18. The summed E-state index contributed by atoms with van der Waals surface area (Å²) in [6, 6.07) is 37.9. The van der Waals surface area contributed by atoms with Gasteiger partial charge in [-0.05, 0) is 35.1 Å². The number of carbonyl (C=O) groups is 1. The van der Waals surface area contributed by atoms with E-state index in [-0.39, 0.29) is 25.7 Å². The molecule has 0 bridgehead atoms. The molecule has 0 saturated heterocycles. The molecule has 4 aromatic rings. The van der Waals surface area contributed by atoms with Crippen molar-refractivity contribution in [3.05, 3.63) is 179 Å². The summed E-state index contributed by atoms with van der Waals surface area (Å²) in [4.78, 5) is 12.9. The fourth-order valence-corrected chi connectivity index (χ4v) is 6.05. The van der Waals surface area contributed by atoms with E-state index in [1.54, 1.807) is 36.5 Å². The van der Waals surface area contributed by atoms with Gasteiger partial charge in [0.05, 0.1) is 0 Å². The van der Waals surface area contributed by atoms with E-state index in [0.717, 1.165) is 22.3 Å². The summed E-state index contributed by atoms with van der Waals surface area (Å²) in [5.74, 6) is -3.03. The number of benzene rings is 4. The van der Waals surface area contributed by atoms with Gasteiger partial charge >= 0.3 is 5.97 Å². The summed E-state index contributed by atoms with van der Waals surface area (Å²) in [5, 5.41) is 48.1. The Bertz CT molecular complexity index is 1740. The first-order valence-corrected chi connectivity index (χ1v) is 15.9. The molecular weight excluding hydrogens is 600 g/mol. The van der Waals surface area contributed by atoms with Gasteiger partial charge in [0, 0.05) is 12.8 Å². The summed E-state index contributed by atoms with van der Waals surface area (Å²) in [6.45, 7) is 0. The first-order valence-electron chi connectivity index (χ1n) is 15.9. The van der Waals surface area contributed by atoms with Crippen LogP contribution >= 0.6 is 0 Å². The van der Waals surface area contributed by atoms with Gasteiger partial charge in [-0.1, -0.05) is 170 Å². The van der Waals surface area contributed by atoms with Gasteiger partial charge in [-0.15, -0.1) is 0 Å². The van der Waals surface area contributed by atoms with Gasteiger partial charge in [-0.2, -0.15) is 0 Å². The summed E-state index contributed by atoms with van der Waals surface area (Å²) < 4.78 is 5.80. The van der Waals surface area contributed by atoms with Crippen LogP contribution in [0.5, 0.6) is 0 Å². The lowest BCUT2D eigenvalue weighted by atomic mass is 9.64. The molecular formula is C42H40O6. The number of rotatable bonds is 14. The predicted molar refractivity (Wildman–Crippen MR) is 191 cm³/mol. The number of hydrogen-bond acceptors (Lipinski definition) is 6. The predicted octanol–water partition coefficient (Wildman–Crippen LogP) is 8.49.